The third kappa shape index (κ3) is 1.61. The van der Waals surface area contributed by atoms with Crippen molar-refractivity contribution in [2.45, 2.75) is 6.92 Å². The van der Waals surface area contributed by atoms with E-state index < -0.39 is 0 Å². The number of anilines is 2. The minimum atomic E-state index is 0.525. The Bertz CT molecular complexity index is 544. The van der Waals surface area contributed by atoms with E-state index in [1.165, 1.54) is 0 Å². The van der Waals surface area contributed by atoms with Gasteiger partial charge in [0.1, 0.15) is 11.3 Å². The molecule has 2 aromatic rings. The van der Waals surface area contributed by atoms with Crippen molar-refractivity contribution in [3.05, 3.63) is 18.1 Å². The van der Waals surface area contributed by atoms with Crippen molar-refractivity contribution in [3.8, 4) is 0 Å². The molecule has 1 aliphatic rings. The van der Waals surface area contributed by atoms with Crippen LogP contribution < -0.4 is 10.6 Å². The normalized spacial score (nSPS) is 16.6. The summed E-state index contributed by atoms with van der Waals surface area (Å²) in [5, 5.41) is 0. The highest BCUT2D eigenvalue weighted by atomic mass is 16.5. The fourth-order valence-electron chi connectivity index (χ4n) is 2.21. The van der Waals surface area contributed by atoms with E-state index >= 15 is 0 Å². The predicted octanol–water partition coefficient (Wildman–Crippen LogP) is 0.457. The van der Waals surface area contributed by atoms with Gasteiger partial charge in [-0.05, 0) is 6.92 Å². The Labute approximate surface area is 99.0 Å². The smallest absolute Gasteiger partial charge is 0.210 e. The lowest BCUT2D eigenvalue weighted by molar-refractivity contribution is 0.122. The molecule has 0 atom stereocenters. The Morgan fingerprint density at radius 2 is 2.12 bits per heavy atom. The van der Waals surface area contributed by atoms with E-state index in [1.807, 2.05) is 17.5 Å². The SMILES string of the molecule is Cc1nc(N2CCOCC2)n2ccnc(N)c12. The summed E-state index contributed by atoms with van der Waals surface area (Å²) >= 11 is 0. The number of nitrogens with two attached hydrogens (primary N) is 1. The van der Waals surface area contributed by atoms with Crippen LogP contribution in [0.4, 0.5) is 11.8 Å². The quantitative estimate of drug-likeness (QED) is 0.774. The van der Waals surface area contributed by atoms with Gasteiger partial charge in [0.15, 0.2) is 0 Å². The number of morpholine rings is 1. The second kappa shape index (κ2) is 3.89. The van der Waals surface area contributed by atoms with Gasteiger partial charge in [-0.1, -0.05) is 0 Å². The summed E-state index contributed by atoms with van der Waals surface area (Å²) in [6.45, 7) is 5.17. The highest BCUT2D eigenvalue weighted by Crippen LogP contribution is 2.23. The highest BCUT2D eigenvalue weighted by Gasteiger charge is 2.18. The first-order valence-corrected chi connectivity index (χ1v) is 5.69. The van der Waals surface area contributed by atoms with Gasteiger partial charge < -0.3 is 15.4 Å². The van der Waals surface area contributed by atoms with Crippen molar-refractivity contribution < 1.29 is 4.74 Å². The summed E-state index contributed by atoms with van der Waals surface area (Å²) < 4.78 is 7.35. The zero-order valence-corrected chi connectivity index (χ0v) is 9.76. The summed E-state index contributed by atoms with van der Waals surface area (Å²) in [6, 6.07) is 0. The summed E-state index contributed by atoms with van der Waals surface area (Å²) in [5.41, 5.74) is 7.70. The van der Waals surface area contributed by atoms with Crippen LogP contribution in [0.1, 0.15) is 5.69 Å². The molecule has 3 rings (SSSR count). The van der Waals surface area contributed by atoms with E-state index in [0.29, 0.717) is 5.82 Å². The Balaban J connectivity index is 2.13. The number of nitrogens with zero attached hydrogens (tertiary/aromatic N) is 4. The number of rotatable bonds is 1. The average Bonchev–Trinajstić information content (AvgIpc) is 2.69. The van der Waals surface area contributed by atoms with E-state index in [2.05, 4.69) is 14.9 Å². The third-order valence-corrected chi connectivity index (χ3v) is 3.03. The number of ether oxygens (including phenoxy) is 1. The third-order valence-electron chi connectivity index (χ3n) is 3.03. The molecular formula is C11H15N5O. The van der Waals surface area contributed by atoms with Gasteiger partial charge in [0.25, 0.3) is 0 Å². The van der Waals surface area contributed by atoms with Gasteiger partial charge in [0, 0.05) is 25.5 Å². The molecule has 90 valence electrons. The van der Waals surface area contributed by atoms with Crippen LogP contribution >= 0.6 is 0 Å². The lowest BCUT2D eigenvalue weighted by Crippen LogP contribution is -2.37. The van der Waals surface area contributed by atoms with Gasteiger partial charge in [-0.2, -0.15) is 0 Å². The minimum absolute atomic E-state index is 0.525. The van der Waals surface area contributed by atoms with Crippen LogP contribution in [0.25, 0.3) is 5.52 Å². The summed E-state index contributed by atoms with van der Waals surface area (Å²) in [6.07, 6.45) is 3.60. The van der Waals surface area contributed by atoms with E-state index in [0.717, 1.165) is 43.5 Å². The summed E-state index contributed by atoms with van der Waals surface area (Å²) in [5.74, 6) is 1.45. The van der Waals surface area contributed by atoms with Crippen molar-refractivity contribution >= 4 is 17.3 Å². The van der Waals surface area contributed by atoms with E-state index in [4.69, 9.17) is 10.5 Å². The molecule has 6 heteroatoms. The van der Waals surface area contributed by atoms with E-state index in [-0.39, 0.29) is 0 Å². The largest absolute Gasteiger partial charge is 0.382 e. The molecule has 0 unspecified atom stereocenters. The van der Waals surface area contributed by atoms with Gasteiger partial charge in [-0.25, -0.2) is 9.97 Å². The molecule has 0 radical (unpaired) electrons. The number of nitrogen functional groups attached to an aromatic ring is 1. The van der Waals surface area contributed by atoms with Crippen LogP contribution in [-0.2, 0) is 4.74 Å². The molecule has 0 bridgehead atoms. The summed E-state index contributed by atoms with van der Waals surface area (Å²) in [4.78, 5) is 10.9. The fraction of sp³-hybridized carbons (Fsp3) is 0.455. The van der Waals surface area contributed by atoms with Gasteiger partial charge >= 0.3 is 0 Å². The van der Waals surface area contributed by atoms with Crippen LogP contribution in [0.3, 0.4) is 0 Å². The first kappa shape index (κ1) is 10.3. The zero-order valence-electron chi connectivity index (χ0n) is 9.76. The molecular weight excluding hydrogens is 218 g/mol. The maximum Gasteiger partial charge on any atom is 0.210 e. The molecule has 3 heterocycles. The van der Waals surface area contributed by atoms with Crippen LogP contribution in [0, 0.1) is 6.92 Å². The van der Waals surface area contributed by atoms with Gasteiger partial charge in [-0.3, -0.25) is 4.40 Å². The Hall–Kier alpha value is -1.82. The molecule has 0 spiro atoms. The molecule has 0 saturated carbocycles. The molecule has 1 aliphatic heterocycles. The van der Waals surface area contributed by atoms with Crippen molar-refractivity contribution in [1.82, 2.24) is 14.4 Å². The molecule has 1 saturated heterocycles. The molecule has 2 N–H and O–H groups in total. The van der Waals surface area contributed by atoms with Gasteiger partial charge in [-0.15, -0.1) is 0 Å². The second-order valence-corrected chi connectivity index (χ2v) is 4.13. The first-order chi connectivity index (χ1) is 8.27. The average molecular weight is 233 g/mol. The molecule has 6 nitrogen and oxygen atoms in total. The Morgan fingerprint density at radius 1 is 1.35 bits per heavy atom. The lowest BCUT2D eigenvalue weighted by Gasteiger charge is -2.27. The van der Waals surface area contributed by atoms with Crippen LogP contribution in [0.2, 0.25) is 0 Å². The monoisotopic (exact) mass is 233 g/mol. The van der Waals surface area contributed by atoms with Gasteiger partial charge in [0.05, 0.1) is 18.9 Å². The number of hydrogen-bond acceptors (Lipinski definition) is 5. The molecule has 0 aromatic carbocycles. The number of fused-ring (bicyclic) bond motifs is 1. The van der Waals surface area contributed by atoms with Crippen molar-refractivity contribution in [2.75, 3.05) is 36.9 Å². The van der Waals surface area contributed by atoms with Crippen molar-refractivity contribution in [3.63, 3.8) is 0 Å². The van der Waals surface area contributed by atoms with Crippen LogP contribution in [0.15, 0.2) is 12.4 Å². The first-order valence-electron chi connectivity index (χ1n) is 5.69. The lowest BCUT2D eigenvalue weighted by atomic mass is 10.4. The van der Waals surface area contributed by atoms with Crippen LogP contribution in [0.5, 0.6) is 0 Å². The second-order valence-electron chi connectivity index (χ2n) is 4.13. The summed E-state index contributed by atoms with van der Waals surface area (Å²) in [7, 11) is 0. The number of aryl methyl sites for hydroxylation is 1. The fourth-order valence-corrected chi connectivity index (χ4v) is 2.21. The maximum atomic E-state index is 5.88. The molecule has 0 aliphatic carbocycles. The highest BCUT2D eigenvalue weighted by molar-refractivity contribution is 5.71. The van der Waals surface area contributed by atoms with Crippen molar-refractivity contribution in [1.29, 1.82) is 0 Å². The number of imidazole rings is 1. The van der Waals surface area contributed by atoms with E-state index in [9.17, 15) is 0 Å². The molecule has 1 fully saturated rings. The number of hydrogen-bond donors (Lipinski definition) is 1. The molecule has 17 heavy (non-hydrogen) atoms. The van der Waals surface area contributed by atoms with Gasteiger partial charge in [0.2, 0.25) is 5.95 Å². The van der Waals surface area contributed by atoms with Crippen LogP contribution in [-0.4, -0.2) is 40.7 Å². The standard InChI is InChI=1S/C11H15N5O/c1-8-9-10(12)13-2-3-16(9)11(14-8)15-4-6-17-7-5-15/h2-3H,4-7H2,1H3,(H2,12,13). The number of aromatic nitrogens is 3. The maximum absolute atomic E-state index is 5.88. The zero-order chi connectivity index (χ0) is 11.8. The molecule has 0 amide bonds. The van der Waals surface area contributed by atoms with Crippen molar-refractivity contribution in [2.24, 2.45) is 0 Å². The predicted molar refractivity (Wildman–Crippen MR) is 65.2 cm³/mol. The Morgan fingerprint density at radius 3 is 2.88 bits per heavy atom. The minimum Gasteiger partial charge on any atom is -0.382 e. The Kier molecular flexibility index (Phi) is 2.36. The topological polar surface area (TPSA) is 68.7 Å². The molecule has 2 aromatic heterocycles. The van der Waals surface area contributed by atoms with E-state index in [1.54, 1.807) is 6.20 Å².